The van der Waals surface area contributed by atoms with Gasteiger partial charge in [0.25, 0.3) is 5.91 Å². The molecule has 0 radical (unpaired) electrons. The number of ether oxygens (including phenoxy) is 1. The van der Waals surface area contributed by atoms with Crippen molar-refractivity contribution < 1.29 is 14.3 Å². The number of esters is 1. The molecule has 1 amide bonds. The molecule has 4 rings (SSSR count). The zero-order chi connectivity index (χ0) is 30.7. The van der Waals surface area contributed by atoms with Crippen molar-refractivity contribution in [2.45, 2.75) is 90.9 Å². The Morgan fingerprint density at radius 1 is 1.02 bits per heavy atom. The van der Waals surface area contributed by atoms with Crippen LogP contribution in [0.25, 0.3) is 0 Å². The van der Waals surface area contributed by atoms with Gasteiger partial charge in [0.15, 0.2) is 6.61 Å². The average molecular weight is 599 g/mol. The number of nitrogens with one attached hydrogen (secondary N) is 1. The molecule has 2 aliphatic rings. The van der Waals surface area contributed by atoms with Crippen LogP contribution in [0.4, 0.5) is 0 Å². The number of amides is 1. The third-order valence-electron chi connectivity index (χ3n) is 9.51. The Morgan fingerprint density at radius 3 is 2.49 bits per heavy atom. The van der Waals surface area contributed by atoms with Crippen LogP contribution in [0.1, 0.15) is 76.9 Å². The molecule has 11 nitrogen and oxygen atoms in total. The maximum atomic E-state index is 12.2. The van der Waals surface area contributed by atoms with Crippen molar-refractivity contribution >= 4 is 11.9 Å². The number of imidazole rings is 2. The molecule has 2 fully saturated rings. The van der Waals surface area contributed by atoms with Gasteiger partial charge in [-0.1, -0.05) is 13.8 Å². The highest BCUT2D eigenvalue weighted by molar-refractivity contribution is 5.80. The van der Waals surface area contributed by atoms with Crippen LogP contribution in [0.5, 0.6) is 0 Å². The van der Waals surface area contributed by atoms with E-state index in [9.17, 15) is 9.59 Å². The number of aryl methyl sites for hydroxylation is 1. The SMILES string of the molecule is CCC(CC)N1CCC2(CCN(CCCn3ccnc3CN(CCCC(=O)OCC(=O)N(C)C)Cc3ncc[nH]3)C2)CC1. The van der Waals surface area contributed by atoms with E-state index in [4.69, 9.17) is 4.74 Å². The van der Waals surface area contributed by atoms with E-state index in [1.165, 1.54) is 63.2 Å². The minimum absolute atomic E-state index is 0.214. The van der Waals surface area contributed by atoms with Crippen LogP contribution in [0, 0.1) is 5.41 Å². The fourth-order valence-electron chi connectivity index (χ4n) is 6.76. The Morgan fingerprint density at radius 2 is 1.79 bits per heavy atom. The lowest BCUT2D eigenvalue weighted by molar-refractivity contribution is -0.151. The fraction of sp³-hybridized carbons (Fsp3) is 0.750. The molecule has 1 spiro atoms. The monoisotopic (exact) mass is 598 g/mol. The maximum absolute atomic E-state index is 12.2. The third kappa shape index (κ3) is 9.87. The quantitative estimate of drug-likeness (QED) is 0.277. The van der Waals surface area contributed by atoms with Gasteiger partial charge in [-0.2, -0.15) is 0 Å². The molecule has 43 heavy (non-hydrogen) atoms. The van der Waals surface area contributed by atoms with Crippen LogP contribution >= 0.6 is 0 Å². The lowest BCUT2D eigenvalue weighted by Gasteiger charge is -2.42. The number of hydrogen-bond donors (Lipinski definition) is 1. The molecule has 0 saturated carbocycles. The summed E-state index contributed by atoms with van der Waals surface area (Å²) in [7, 11) is 3.29. The van der Waals surface area contributed by atoms with E-state index in [1.807, 2.05) is 12.4 Å². The number of carbonyl (C=O) groups excluding carboxylic acids is 2. The summed E-state index contributed by atoms with van der Waals surface area (Å²) < 4.78 is 7.41. The summed E-state index contributed by atoms with van der Waals surface area (Å²) in [5.41, 5.74) is 0.531. The number of hydrogen-bond acceptors (Lipinski definition) is 8. The highest BCUT2D eigenvalue weighted by atomic mass is 16.5. The van der Waals surface area contributed by atoms with Crippen molar-refractivity contribution in [1.82, 2.24) is 39.1 Å². The average Bonchev–Trinajstić information content (AvgIpc) is 3.76. The molecule has 240 valence electrons. The summed E-state index contributed by atoms with van der Waals surface area (Å²) in [6, 6.07) is 0.760. The van der Waals surface area contributed by atoms with Gasteiger partial charge in [-0.15, -0.1) is 0 Å². The van der Waals surface area contributed by atoms with E-state index in [0.29, 0.717) is 31.5 Å². The van der Waals surface area contributed by atoms with Crippen molar-refractivity contribution in [3.05, 3.63) is 36.4 Å². The van der Waals surface area contributed by atoms with Gasteiger partial charge < -0.3 is 29.0 Å². The number of piperidine rings is 1. The summed E-state index contributed by atoms with van der Waals surface area (Å²) in [6.45, 7) is 13.5. The van der Waals surface area contributed by atoms with Crippen LogP contribution < -0.4 is 0 Å². The van der Waals surface area contributed by atoms with Crippen LogP contribution in [-0.4, -0.2) is 117 Å². The van der Waals surface area contributed by atoms with Gasteiger partial charge in [-0.25, -0.2) is 9.97 Å². The Balaban J connectivity index is 1.22. The van der Waals surface area contributed by atoms with E-state index in [-0.39, 0.29) is 24.9 Å². The topological polar surface area (TPSA) is 103 Å². The van der Waals surface area contributed by atoms with Gasteiger partial charge in [0.1, 0.15) is 11.6 Å². The highest BCUT2D eigenvalue weighted by Gasteiger charge is 2.40. The summed E-state index contributed by atoms with van der Waals surface area (Å²) in [6.07, 6.45) is 16.1. The molecule has 0 unspecified atom stereocenters. The second kappa shape index (κ2) is 16.4. The molecule has 2 saturated heterocycles. The minimum Gasteiger partial charge on any atom is -0.456 e. The molecule has 0 atom stereocenters. The number of nitrogens with zero attached hydrogens (tertiary/aromatic N) is 7. The first kappa shape index (κ1) is 33.1. The number of aromatic nitrogens is 4. The number of H-pyrrole nitrogens is 1. The van der Waals surface area contributed by atoms with Crippen molar-refractivity contribution in [2.75, 3.05) is 60.0 Å². The number of rotatable bonds is 17. The summed E-state index contributed by atoms with van der Waals surface area (Å²) in [4.78, 5) is 45.3. The zero-order valence-electron chi connectivity index (χ0n) is 27.0. The van der Waals surface area contributed by atoms with Crippen molar-refractivity contribution in [2.24, 2.45) is 5.41 Å². The van der Waals surface area contributed by atoms with E-state index in [1.54, 1.807) is 20.3 Å². The van der Waals surface area contributed by atoms with Crippen molar-refractivity contribution in [3.8, 4) is 0 Å². The van der Waals surface area contributed by atoms with E-state index < -0.39 is 0 Å². The largest absolute Gasteiger partial charge is 0.456 e. The first-order valence-corrected chi connectivity index (χ1v) is 16.3. The fourth-order valence-corrected chi connectivity index (χ4v) is 6.76. The molecule has 1 N–H and O–H groups in total. The second-order valence-corrected chi connectivity index (χ2v) is 12.7. The standard InChI is InChI=1S/C32H54N8O3/c1-5-27(6-2)39-20-11-32(12-21-39)10-19-37(26-32)17-8-18-40-22-15-35-29(40)24-38(23-28-33-13-14-34-28)16-7-9-31(42)43-25-30(41)36(3)4/h13-15,22,27H,5-12,16-21,23-26H2,1-4H3,(H,33,34). The maximum Gasteiger partial charge on any atom is 0.306 e. The molecule has 2 aliphatic heterocycles. The Hall–Kier alpha value is -2.76. The molecule has 4 heterocycles. The van der Waals surface area contributed by atoms with Gasteiger partial charge in [-0.3, -0.25) is 14.5 Å². The predicted molar refractivity (Wildman–Crippen MR) is 167 cm³/mol. The molecular weight excluding hydrogens is 544 g/mol. The summed E-state index contributed by atoms with van der Waals surface area (Å²) >= 11 is 0. The smallest absolute Gasteiger partial charge is 0.306 e. The van der Waals surface area contributed by atoms with Crippen molar-refractivity contribution in [3.63, 3.8) is 0 Å². The van der Waals surface area contributed by atoms with E-state index in [2.05, 4.69) is 54.3 Å². The van der Waals surface area contributed by atoms with Gasteiger partial charge in [0.05, 0.1) is 13.1 Å². The Kier molecular flexibility index (Phi) is 12.6. The Labute approximate surface area is 258 Å². The molecule has 0 bridgehead atoms. The van der Waals surface area contributed by atoms with Crippen LogP contribution in [0.3, 0.4) is 0 Å². The second-order valence-electron chi connectivity index (χ2n) is 12.7. The molecule has 0 aromatic carbocycles. The lowest BCUT2D eigenvalue weighted by Crippen LogP contribution is -2.45. The van der Waals surface area contributed by atoms with Gasteiger partial charge in [-0.05, 0) is 83.1 Å². The van der Waals surface area contributed by atoms with Crippen LogP contribution in [-0.2, 0) is 34.0 Å². The minimum atomic E-state index is -0.352. The number of carbonyl (C=O) groups is 2. The van der Waals surface area contributed by atoms with Gasteiger partial charge >= 0.3 is 5.97 Å². The number of aromatic amines is 1. The summed E-state index contributed by atoms with van der Waals surface area (Å²) in [5.74, 6) is 1.33. The molecule has 11 heteroatoms. The zero-order valence-corrected chi connectivity index (χ0v) is 27.0. The summed E-state index contributed by atoms with van der Waals surface area (Å²) in [5, 5.41) is 0. The molecule has 2 aromatic heterocycles. The highest BCUT2D eigenvalue weighted by Crippen LogP contribution is 2.41. The van der Waals surface area contributed by atoms with Gasteiger partial charge in [0.2, 0.25) is 0 Å². The lowest BCUT2D eigenvalue weighted by atomic mass is 9.77. The first-order chi connectivity index (χ1) is 20.8. The van der Waals surface area contributed by atoms with Gasteiger partial charge in [0, 0.05) is 64.4 Å². The first-order valence-electron chi connectivity index (χ1n) is 16.3. The Bertz CT molecular complexity index is 1110. The molecule has 2 aromatic rings. The molecular formula is C32H54N8O3. The number of likely N-dealkylation sites (N-methyl/N-ethyl adjacent to an activating group) is 1. The number of likely N-dealkylation sites (tertiary alicyclic amines) is 2. The molecule has 0 aliphatic carbocycles. The van der Waals surface area contributed by atoms with E-state index in [0.717, 1.165) is 37.2 Å². The van der Waals surface area contributed by atoms with Crippen LogP contribution in [0.2, 0.25) is 0 Å². The third-order valence-corrected chi connectivity index (χ3v) is 9.51. The van der Waals surface area contributed by atoms with E-state index >= 15 is 0 Å². The predicted octanol–water partition coefficient (Wildman–Crippen LogP) is 3.39. The van der Waals surface area contributed by atoms with Crippen molar-refractivity contribution in [1.29, 1.82) is 0 Å². The van der Waals surface area contributed by atoms with Crippen LogP contribution in [0.15, 0.2) is 24.8 Å². The normalized spacial score (nSPS) is 17.3.